The molecule has 3 N–H and O–H groups in total. The molecule has 0 atom stereocenters. The van der Waals surface area contributed by atoms with Crippen LogP contribution in [0.15, 0.2) is 36.9 Å². The van der Waals surface area contributed by atoms with Crippen molar-refractivity contribution in [3.63, 3.8) is 0 Å². The molecule has 0 aliphatic heterocycles. The number of aromatic nitrogens is 4. The zero-order valence-electron chi connectivity index (χ0n) is 13.9. The Kier molecular flexibility index (Phi) is 5.51. The highest BCUT2D eigenvalue weighted by molar-refractivity contribution is 6.36. The molecule has 0 aliphatic rings. The van der Waals surface area contributed by atoms with E-state index in [2.05, 4.69) is 20.4 Å². The Morgan fingerprint density at radius 2 is 2.12 bits per heavy atom. The minimum Gasteiger partial charge on any atom is -0.354 e. The highest BCUT2D eigenvalue weighted by atomic mass is 35.5. The van der Waals surface area contributed by atoms with Gasteiger partial charge in [0.05, 0.1) is 17.3 Å². The first kappa shape index (κ1) is 18.3. The summed E-state index contributed by atoms with van der Waals surface area (Å²) in [5.41, 5.74) is 9.06. The van der Waals surface area contributed by atoms with Gasteiger partial charge in [0, 0.05) is 24.2 Å². The van der Waals surface area contributed by atoms with E-state index in [-0.39, 0.29) is 18.1 Å². The second-order valence-electron chi connectivity index (χ2n) is 5.49. The molecule has 0 radical (unpaired) electrons. The van der Waals surface area contributed by atoms with Crippen LogP contribution in [0.25, 0.3) is 11.3 Å². The van der Waals surface area contributed by atoms with Crippen LogP contribution >= 0.6 is 23.2 Å². The molecule has 0 unspecified atom stereocenters. The van der Waals surface area contributed by atoms with Gasteiger partial charge in [-0.3, -0.25) is 4.79 Å². The van der Waals surface area contributed by atoms with E-state index >= 15 is 0 Å². The standard InChI is InChI=1S/C17H16Cl2N6O/c1-21-17(26)15-4-10(7-25-9-22-8-23-25)13(6-20)16(24-15)12-3-2-11(18)5-14(12)19/h2-5,8-9H,6-7,20H2,1H3,(H,21,26). The summed E-state index contributed by atoms with van der Waals surface area (Å²) in [6.45, 7) is 0.622. The van der Waals surface area contributed by atoms with E-state index in [4.69, 9.17) is 28.9 Å². The van der Waals surface area contributed by atoms with E-state index in [0.717, 1.165) is 11.1 Å². The minimum atomic E-state index is -0.306. The van der Waals surface area contributed by atoms with E-state index in [1.807, 2.05) is 0 Å². The number of carbonyl (C=O) groups is 1. The lowest BCUT2D eigenvalue weighted by Crippen LogP contribution is -2.21. The van der Waals surface area contributed by atoms with Crippen LogP contribution in [0.3, 0.4) is 0 Å². The number of rotatable bonds is 5. The number of nitrogens with two attached hydrogens (primary N) is 1. The van der Waals surface area contributed by atoms with Gasteiger partial charge in [0.1, 0.15) is 18.3 Å². The topological polar surface area (TPSA) is 98.7 Å². The monoisotopic (exact) mass is 390 g/mol. The van der Waals surface area contributed by atoms with Crippen LogP contribution in [-0.2, 0) is 13.1 Å². The summed E-state index contributed by atoms with van der Waals surface area (Å²) >= 11 is 12.4. The van der Waals surface area contributed by atoms with Crippen LogP contribution < -0.4 is 11.1 Å². The second kappa shape index (κ2) is 7.82. The lowest BCUT2D eigenvalue weighted by Gasteiger charge is -2.16. The average molecular weight is 391 g/mol. The van der Waals surface area contributed by atoms with Crippen molar-refractivity contribution < 1.29 is 4.79 Å². The van der Waals surface area contributed by atoms with Gasteiger partial charge >= 0.3 is 0 Å². The van der Waals surface area contributed by atoms with Crippen LogP contribution in [0.5, 0.6) is 0 Å². The summed E-state index contributed by atoms with van der Waals surface area (Å²) in [6.07, 6.45) is 3.04. The molecule has 0 fully saturated rings. The third-order valence-electron chi connectivity index (χ3n) is 3.87. The molecule has 26 heavy (non-hydrogen) atoms. The minimum absolute atomic E-state index is 0.222. The molecule has 134 valence electrons. The van der Waals surface area contributed by atoms with E-state index in [0.29, 0.717) is 27.8 Å². The normalized spacial score (nSPS) is 10.8. The Hall–Kier alpha value is -2.48. The Balaban J connectivity index is 2.22. The summed E-state index contributed by atoms with van der Waals surface area (Å²) in [7, 11) is 1.55. The van der Waals surface area contributed by atoms with Gasteiger partial charge in [-0.15, -0.1) is 0 Å². The third kappa shape index (κ3) is 3.70. The zero-order chi connectivity index (χ0) is 18.7. The second-order valence-corrected chi connectivity index (χ2v) is 6.34. The number of nitrogens with one attached hydrogen (secondary N) is 1. The van der Waals surface area contributed by atoms with Crippen LogP contribution in [0.4, 0.5) is 0 Å². The van der Waals surface area contributed by atoms with Gasteiger partial charge in [-0.05, 0) is 35.4 Å². The number of pyridine rings is 1. The molecule has 0 bridgehead atoms. The maximum Gasteiger partial charge on any atom is 0.269 e. The van der Waals surface area contributed by atoms with Crippen LogP contribution in [0.2, 0.25) is 10.0 Å². The van der Waals surface area contributed by atoms with Crippen molar-refractivity contribution in [1.82, 2.24) is 25.1 Å². The number of hydrogen-bond donors (Lipinski definition) is 2. The summed E-state index contributed by atoms with van der Waals surface area (Å²) in [6, 6.07) is 6.81. The summed E-state index contributed by atoms with van der Waals surface area (Å²) in [4.78, 5) is 20.6. The predicted molar refractivity (Wildman–Crippen MR) is 100 cm³/mol. The molecule has 9 heteroatoms. The molecule has 7 nitrogen and oxygen atoms in total. The zero-order valence-corrected chi connectivity index (χ0v) is 15.4. The van der Waals surface area contributed by atoms with E-state index < -0.39 is 0 Å². The van der Waals surface area contributed by atoms with Gasteiger partial charge in [0.2, 0.25) is 0 Å². The van der Waals surface area contributed by atoms with Crippen LogP contribution in [-0.4, -0.2) is 32.7 Å². The summed E-state index contributed by atoms with van der Waals surface area (Å²) in [5, 5.41) is 7.64. The van der Waals surface area contributed by atoms with E-state index in [1.54, 1.807) is 42.3 Å². The van der Waals surface area contributed by atoms with Gasteiger partial charge in [-0.1, -0.05) is 23.2 Å². The molecule has 0 aliphatic carbocycles. The maximum absolute atomic E-state index is 12.2. The first-order valence-electron chi connectivity index (χ1n) is 7.76. The van der Waals surface area contributed by atoms with Crippen molar-refractivity contribution in [3.8, 4) is 11.3 Å². The number of benzene rings is 1. The Morgan fingerprint density at radius 1 is 1.31 bits per heavy atom. The molecule has 0 spiro atoms. The van der Waals surface area contributed by atoms with Crippen molar-refractivity contribution in [1.29, 1.82) is 0 Å². The van der Waals surface area contributed by atoms with Gasteiger partial charge in [-0.25, -0.2) is 14.6 Å². The Morgan fingerprint density at radius 3 is 2.73 bits per heavy atom. The Bertz CT molecular complexity index is 943. The van der Waals surface area contributed by atoms with Gasteiger partial charge in [0.15, 0.2) is 0 Å². The average Bonchev–Trinajstić information content (AvgIpc) is 3.13. The fraction of sp³-hybridized carbons (Fsp3) is 0.176. The van der Waals surface area contributed by atoms with Gasteiger partial charge in [0.25, 0.3) is 5.91 Å². The molecular formula is C17H16Cl2N6O. The largest absolute Gasteiger partial charge is 0.354 e. The first-order chi connectivity index (χ1) is 12.5. The predicted octanol–water partition coefficient (Wildman–Crippen LogP) is 2.51. The number of nitrogens with zero attached hydrogens (tertiary/aromatic N) is 4. The fourth-order valence-corrected chi connectivity index (χ4v) is 3.13. The molecule has 2 heterocycles. The highest BCUT2D eigenvalue weighted by Gasteiger charge is 2.19. The van der Waals surface area contributed by atoms with E-state index in [9.17, 15) is 4.79 Å². The highest BCUT2D eigenvalue weighted by Crippen LogP contribution is 2.33. The number of halogens is 2. The molecule has 0 saturated carbocycles. The summed E-state index contributed by atoms with van der Waals surface area (Å²) in [5.74, 6) is -0.306. The molecule has 1 amide bonds. The lowest BCUT2D eigenvalue weighted by molar-refractivity contribution is 0.0958. The van der Waals surface area contributed by atoms with Crippen molar-refractivity contribution in [3.05, 3.63) is 63.8 Å². The fourth-order valence-electron chi connectivity index (χ4n) is 2.63. The molecule has 3 aromatic rings. The first-order valence-corrected chi connectivity index (χ1v) is 8.51. The number of carbonyl (C=O) groups excluding carboxylic acids is 1. The van der Waals surface area contributed by atoms with E-state index in [1.165, 1.54) is 6.33 Å². The molecule has 2 aromatic heterocycles. The number of hydrogen-bond acceptors (Lipinski definition) is 5. The van der Waals surface area contributed by atoms with Gasteiger partial charge in [-0.2, -0.15) is 5.10 Å². The lowest BCUT2D eigenvalue weighted by atomic mass is 9.99. The van der Waals surface area contributed by atoms with Crippen molar-refractivity contribution in [2.24, 2.45) is 5.73 Å². The van der Waals surface area contributed by atoms with Crippen molar-refractivity contribution >= 4 is 29.1 Å². The molecule has 1 aromatic carbocycles. The van der Waals surface area contributed by atoms with Crippen LogP contribution in [0.1, 0.15) is 21.6 Å². The molecule has 0 saturated heterocycles. The Labute approximate surface area is 160 Å². The number of amides is 1. The molecular weight excluding hydrogens is 375 g/mol. The van der Waals surface area contributed by atoms with Crippen molar-refractivity contribution in [2.75, 3.05) is 7.05 Å². The summed E-state index contributed by atoms with van der Waals surface area (Å²) < 4.78 is 1.65. The van der Waals surface area contributed by atoms with Gasteiger partial charge < -0.3 is 11.1 Å². The maximum atomic E-state index is 12.2. The molecule has 3 rings (SSSR count). The smallest absolute Gasteiger partial charge is 0.269 e. The third-order valence-corrected chi connectivity index (χ3v) is 4.41. The van der Waals surface area contributed by atoms with Crippen molar-refractivity contribution in [2.45, 2.75) is 13.1 Å². The van der Waals surface area contributed by atoms with Crippen LogP contribution in [0, 0.1) is 0 Å². The quantitative estimate of drug-likeness (QED) is 0.697. The SMILES string of the molecule is CNC(=O)c1cc(Cn2cncn2)c(CN)c(-c2ccc(Cl)cc2Cl)n1.